The highest BCUT2D eigenvalue weighted by Crippen LogP contribution is 2.04. The Labute approximate surface area is 132 Å². The lowest BCUT2D eigenvalue weighted by atomic mass is 10.3. The van der Waals surface area contributed by atoms with Gasteiger partial charge in [0.2, 0.25) is 0 Å². The summed E-state index contributed by atoms with van der Waals surface area (Å²) in [6.45, 7) is 7.60. The topological polar surface area (TPSA) is 42.9 Å². The fourth-order valence-corrected chi connectivity index (χ4v) is 3.12. The standard InChI is InChI=1S/C15H27N5S/c1-16-15(18-12-14-4-11-21-13-14)17-5-8-20-7-3-6-19(2)9-10-20/h4,11,13H,3,5-10,12H2,1-2H3,(H2,16,17,18). The number of likely N-dealkylation sites (N-methyl/N-ethyl adjacent to an activating group) is 1. The Hall–Kier alpha value is -1.11. The van der Waals surface area contributed by atoms with E-state index in [4.69, 9.17) is 0 Å². The molecule has 2 heterocycles. The van der Waals surface area contributed by atoms with Crippen LogP contribution in [0.25, 0.3) is 0 Å². The number of rotatable bonds is 5. The predicted octanol–water partition coefficient (Wildman–Crippen LogP) is 1.05. The molecular weight excluding hydrogens is 282 g/mol. The average Bonchev–Trinajstić information content (AvgIpc) is 2.92. The van der Waals surface area contributed by atoms with E-state index >= 15 is 0 Å². The Balaban J connectivity index is 1.64. The smallest absolute Gasteiger partial charge is 0.191 e. The van der Waals surface area contributed by atoms with Gasteiger partial charge in [-0.3, -0.25) is 4.99 Å². The van der Waals surface area contributed by atoms with E-state index in [1.54, 1.807) is 11.3 Å². The second-order valence-corrected chi connectivity index (χ2v) is 6.26. The molecule has 0 aliphatic carbocycles. The lowest BCUT2D eigenvalue weighted by molar-refractivity contribution is 0.280. The fourth-order valence-electron chi connectivity index (χ4n) is 2.46. The second-order valence-electron chi connectivity index (χ2n) is 5.48. The van der Waals surface area contributed by atoms with Gasteiger partial charge in [-0.05, 0) is 48.9 Å². The van der Waals surface area contributed by atoms with Crippen LogP contribution < -0.4 is 10.6 Å². The molecule has 1 aromatic heterocycles. The van der Waals surface area contributed by atoms with Crippen molar-refractivity contribution in [1.82, 2.24) is 20.4 Å². The zero-order valence-corrected chi connectivity index (χ0v) is 14.0. The number of nitrogens with one attached hydrogen (secondary N) is 2. The molecule has 0 bridgehead atoms. The molecule has 0 saturated carbocycles. The summed E-state index contributed by atoms with van der Waals surface area (Å²) in [4.78, 5) is 9.21. The van der Waals surface area contributed by atoms with E-state index in [0.29, 0.717) is 0 Å². The van der Waals surface area contributed by atoms with Crippen molar-refractivity contribution in [2.24, 2.45) is 4.99 Å². The van der Waals surface area contributed by atoms with E-state index < -0.39 is 0 Å². The van der Waals surface area contributed by atoms with E-state index in [2.05, 4.69) is 49.3 Å². The first-order valence-corrected chi connectivity index (χ1v) is 8.58. The first kappa shape index (κ1) is 16.3. The Kier molecular flexibility index (Phi) is 6.99. The lowest BCUT2D eigenvalue weighted by Gasteiger charge is -2.21. The SMILES string of the molecule is CN=C(NCCN1CCCN(C)CC1)NCc1ccsc1. The van der Waals surface area contributed by atoms with Gasteiger partial charge in [0, 0.05) is 39.8 Å². The molecule has 0 unspecified atom stereocenters. The molecule has 0 atom stereocenters. The number of aliphatic imine (C=N–C) groups is 1. The highest BCUT2D eigenvalue weighted by molar-refractivity contribution is 7.07. The second kappa shape index (κ2) is 9.02. The van der Waals surface area contributed by atoms with Crippen LogP contribution >= 0.6 is 11.3 Å². The Morgan fingerprint density at radius 2 is 2.19 bits per heavy atom. The first-order valence-electron chi connectivity index (χ1n) is 7.64. The van der Waals surface area contributed by atoms with Gasteiger partial charge in [-0.2, -0.15) is 11.3 Å². The minimum absolute atomic E-state index is 0.831. The zero-order valence-electron chi connectivity index (χ0n) is 13.1. The van der Waals surface area contributed by atoms with Crippen molar-refractivity contribution < 1.29 is 0 Å². The van der Waals surface area contributed by atoms with Crippen LogP contribution in [-0.2, 0) is 6.54 Å². The van der Waals surface area contributed by atoms with E-state index in [0.717, 1.165) is 25.6 Å². The van der Waals surface area contributed by atoms with Crippen molar-refractivity contribution in [1.29, 1.82) is 0 Å². The van der Waals surface area contributed by atoms with Gasteiger partial charge in [-0.1, -0.05) is 0 Å². The maximum atomic E-state index is 4.27. The Morgan fingerprint density at radius 1 is 1.29 bits per heavy atom. The molecule has 0 amide bonds. The van der Waals surface area contributed by atoms with Crippen LogP contribution in [0.5, 0.6) is 0 Å². The third-order valence-corrected chi connectivity index (χ3v) is 4.53. The minimum atomic E-state index is 0.831. The van der Waals surface area contributed by atoms with E-state index in [9.17, 15) is 0 Å². The van der Waals surface area contributed by atoms with Crippen LogP contribution in [0.2, 0.25) is 0 Å². The van der Waals surface area contributed by atoms with Crippen LogP contribution in [0.1, 0.15) is 12.0 Å². The van der Waals surface area contributed by atoms with Crippen molar-refractivity contribution in [2.75, 3.05) is 53.4 Å². The molecule has 1 fully saturated rings. The quantitative estimate of drug-likeness (QED) is 0.630. The summed E-state index contributed by atoms with van der Waals surface area (Å²) in [6, 6.07) is 2.14. The van der Waals surface area contributed by atoms with Gasteiger partial charge >= 0.3 is 0 Å². The molecule has 0 spiro atoms. The summed E-state index contributed by atoms with van der Waals surface area (Å²) < 4.78 is 0. The largest absolute Gasteiger partial charge is 0.355 e. The molecule has 0 radical (unpaired) electrons. The Morgan fingerprint density at radius 3 is 2.95 bits per heavy atom. The molecule has 1 aliphatic heterocycles. The molecule has 2 rings (SSSR count). The van der Waals surface area contributed by atoms with Gasteiger partial charge in [0.05, 0.1) is 0 Å². The average molecular weight is 309 g/mol. The van der Waals surface area contributed by atoms with Crippen LogP contribution in [0, 0.1) is 0 Å². The van der Waals surface area contributed by atoms with Gasteiger partial charge in [-0.25, -0.2) is 0 Å². The van der Waals surface area contributed by atoms with Crippen LogP contribution in [0.4, 0.5) is 0 Å². The summed E-state index contributed by atoms with van der Waals surface area (Å²) >= 11 is 1.73. The first-order chi connectivity index (χ1) is 10.3. The Bertz CT molecular complexity index is 418. The summed E-state index contributed by atoms with van der Waals surface area (Å²) in [5, 5.41) is 11.0. The molecule has 6 heteroatoms. The van der Waals surface area contributed by atoms with E-state index in [1.807, 2.05) is 7.05 Å². The maximum absolute atomic E-state index is 4.27. The van der Waals surface area contributed by atoms with Crippen molar-refractivity contribution in [3.05, 3.63) is 22.4 Å². The molecule has 1 aliphatic rings. The monoisotopic (exact) mass is 309 g/mol. The summed E-state index contributed by atoms with van der Waals surface area (Å²) in [5.41, 5.74) is 1.30. The predicted molar refractivity (Wildman–Crippen MR) is 91.1 cm³/mol. The number of guanidine groups is 1. The molecule has 21 heavy (non-hydrogen) atoms. The van der Waals surface area contributed by atoms with Crippen LogP contribution in [0.3, 0.4) is 0 Å². The van der Waals surface area contributed by atoms with Crippen molar-refractivity contribution in [3.8, 4) is 0 Å². The zero-order chi connectivity index (χ0) is 14.9. The van der Waals surface area contributed by atoms with Gasteiger partial charge in [-0.15, -0.1) is 0 Å². The summed E-state index contributed by atoms with van der Waals surface area (Å²) in [6.07, 6.45) is 1.27. The third kappa shape index (κ3) is 6.03. The van der Waals surface area contributed by atoms with Crippen LogP contribution in [0.15, 0.2) is 21.8 Å². The highest BCUT2D eigenvalue weighted by Gasteiger charge is 2.11. The minimum Gasteiger partial charge on any atom is -0.355 e. The van der Waals surface area contributed by atoms with Crippen LogP contribution in [-0.4, -0.2) is 69.1 Å². The van der Waals surface area contributed by atoms with Gasteiger partial charge in [0.25, 0.3) is 0 Å². The molecule has 118 valence electrons. The number of thiophene rings is 1. The van der Waals surface area contributed by atoms with E-state index in [1.165, 1.54) is 38.2 Å². The molecular formula is C15H27N5S. The number of hydrogen-bond donors (Lipinski definition) is 2. The molecule has 5 nitrogen and oxygen atoms in total. The van der Waals surface area contributed by atoms with Crippen molar-refractivity contribution in [2.45, 2.75) is 13.0 Å². The third-order valence-electron chi connectivity index (χ3n) is 3.80. The number of hydrogen-bond acceptors (Lipinski definition) is 4. The molecule has 1 saturated heterocycles. The highest BCUT2D eigenvalue weighted by atomic mass is 32.1. The molecule has 2 N–H and O–H groups in total. The normalized spacial score (nSPS) is 18.5. The fraction of sp³-hybridized carbons (Fsp3) is 0.667. The van der Waals surface area contributed by atoms with Gasteiger partial charge in [0.15, 0.2) is 5.96 Å². The van der Waals surface area contributed by atoms with Gasteiger partial charge < -0.3 is 20.4 Å². The number of nitrogens with zero attached hydrogens (tertiary/aromatic N) is 3. The van der Waals surface area contributed by atoms with E-state index in [-0.39, 0.29) is 0 Å². The summed E-state index contributed by atoms with van der Waals surface area (Å²) in [5.74, 6) is 0.883. The molecule has 1 aromatic rings. The molecule has 0 aromatic carbocycles. The van der Waals surface area contributed by atoms with Gasteiger partial charge in [0.1, 0.15) is 0 Å². The maximum Gasteiger partial charge on any atom is 0.191 e. The lowest BCUT2D eigenvalue weighted by Crippen LogP contribution is -2.42. The van der Waals surface area contributed by atoms with Crippen molar-refractivity contribution in [3.63, 3.8) is 0 Å². The summed E-state index contributed by atoms with van der Waals surface area (Å²) in [7, 11) is 4.03. The van der Waals surface area contributed by atoms with Crippen molar-refractivity contribution >= 4 is 17.3 Å².